The first-order valence-electron chi connectivity index (χ1n) is 4.96. The van der Waals surface area contributed by atoms with E-state index in [4.69, 9.17) is 0 Å². The predicted molar refractivity (Wildman–Crippen MR) is 71.1 cm³/mol. The minimum Gasteiger partial charge on any atom is -0.339 e. The number of carbonyl (C=O) groups excluding carboxylic acids is 1. The zero-order valence-corrected chi connectivity index (χ0v) is 11.7. The van der Waals surface area contributed by atoms with Gasteiger partial charge in [-0.3, -0.25) is 4.79 Å². The van der Waals surface area contributed by atoms with Crippen LogP contribution >= 0.6 is 22.6 Å². The van der Waals surface area contributed by atoms with Crippen LogP contribution in [0.3, 0.4) is 0 Å². The lowest BCUT2D eigenvalue weighted by molar-refractivity contribution is 0.0754. The van der Waals surface area contributed by atoms with Gasteiger partial charge in [-0.2, -0.15) is 0 Å². The summed E-state index contributed by atoms with van der Waals surface area (Å²) in [5.74, 6) is 0.0955. The SMILES string of the molecule is Cc1ccc(I)c(C(=O)N(C)C(C)C)c1. The molecule has 0 unspecified atom stereocenters. The summed E-state index contributed by atoms with van der Waals surface area (Å²) in [7, 11) is 1.84. The lowest BCUT2D eigenvalue weighted by atomic mass is 10.1. The Balaban J connectivity index is 3.05. The molecule has 1 aromatic rings. The maximum atomic E-state index is 12.1. The summed E-state index contributed by atoms with van der Waals surface area (Å²) in [5.41, 5.74) is 1.92. The summed E-state index contributed by atoms with van der Waals surface area (Å²) in [6.07, 6.45) is 0. The summed E-state index contributed by atoms with van der Waals surface area (Å²) >= 11 is 2.20. The molecule has 2 nitrogen and oxygen atoms in total. The highest BCUT2D eigenvalue weighted by Gasteiger charge is 2.16. The third-order valence-electron chi connectivity index (χ3n) is 2.45. The Morgan fingerprint density at radius 1 is 1.40 bits per heavy atom. The largest absolute Gasteiger partial charge is 0.339 e. The quantitative estimate of drug-likeness (QED) is 0.768. The van der Waals surface area contributed by atoms with E-state index in [9.17, 15) is 4.79 Å². The molecule has 0 saturated carbocycles. The molecule has 0 aliphatic rings. The average molecular weight is 317 g/mol. The molecule has 0 aromatic heterocycles. The van der Waals surface area contributed by atoms with E-state index < -0.39 is 0 Å². The maximum Gasteiger partial charge on any atom is 0.254 e. The van der Waals surface area contributed by atoms with Crippen LogP contribution in [-0.2, 0) is 0 Å². The molecular weight excluding hydrogens is 301 g/mol. The highest BCUT2D eigenvalue weighted by Crippen LogP contribution is 2.16. The minimum atomic E-state index is 0.0955. The Morgan fingerprint density at radius 3 is 2.53 bits per heavy atom. The van der Waals surface area contributed by atoms with Crippen LogP contribution in [0, 0.1) is 10.5 Å². The first kappa shape index (κ1) is 12.5. The van der Waals surface area contributed by atoms with Gasteiger partial charge in [0.25, 0.3) is 5.91 Å². The number of hydrogen-bond donors (Lipinski definition) is 0. The van der Waals surface area contributed by atoms with Gasteiger partial charge < -0.3 is 4.90 Å². The first-order chi connectivity index (χ1) is 6.93. The first-order valence-corrected chi connectivity index (χ1v) is 6.04. The van der Waals surface area contributed by atoms with Crippen molar-refractivity contribution < 1.29 is 4.79 Å². The van der Waals surface area contributed by atoms with Gasteiger partial charge in [-0.1, -0.05) is 11.6 Å². The fourth-order valence-corrected chi connectivity index (χ4v) is 1.79. The van der Waals surface area contributed by atoms with Crippen LogP contribution < -0.4 is 0 Å². The smallest absolute Gasteiger partial charge is 0.254 e. The summed E-state index contributed by atoms with van der Waals surface area (Å²) < 4.78 is 1.01. The van der Waals surface area contributed by atoms with Crippen molar-refractivity contribution in [2.75, 3.05) is 7.05 Å². The molecule has 0 radical (unpaired) electrons. The third-order valence-corrected chi connectivity index (χ3v) is 3.39. The molecule has 0 spiro atoms. The van der Waals surface area contributed by atoms with E-state index in [-0.39, 0.29) is 11.9 Å². The molecule has 0 fully saturated rings. The van der Waals surface area contributed by atoms with Crippen molar-refractivity contribution in [2.45, 2.75) is 26.8 Å². The van der Waals surface area contributed by atoms with E-state index in [1.807, 2.05) is 46.0 Å². The number of amides is 1. The van der Waals surface area contributed by atoms with Crippen LogP contribution in [0.25, 0.3) is 0 Å². The van der Waals surface area contributed by atoms with E-state index in [0.29, 0.717) is 0 Å². The van der Waals surface area contributed by atoms with E-state index in [1.54, 1.807) is 4.90 Å². The number of benzene rings is 1. The molecule has 0 heterocycles. The lowest BCUT2D eigenvalue weighted by Gasteiger charge is -2.22. The van der Waals surface area contributed by atoms with Crippen molar-refractivity contribution in [1.29, 1.82) is 0 Å². The molecule has 1 aromatic carbocycles. The monoisotopic (exact) mass is 317 g/mol. The van der Waals surface area contributed by atoms with Crippen LogP contribution in [-0.4, -0.2) is 23.9 Å². The van der Waals surface area contributed by atoms with Gasteiger partial charge >= 0.3 is 0 Å². The molecule has 3 heteroatoms. The van der Waals surface area contributed by atoms with E-state index >= 15 is 0 Å². The number of hydrogen-bond acceptors (Lipinski definition) is 1. The Morgan fingerprint density at radius 2 is 2.00 bits per heavy atom. The van der Waals surface area contributed by atoms with Gasteiger partial charge in [-0.25, -0.2) is 0 Å². The standard InChI is InChI=1S/C12H16INO/c1-8(2)14(4)12(15)10-7-9(3)5-6-11(10)13/h5-8H,1-4H3. The number of nitrogens with zero attached hydrogens (tertiary/aromatic N) is 1. The van der Waals surface area contributed by atoms with E-state index in [0.717, 1.165) is 14.7 Å². The predicted octanol–water partition coefficient (Wildman–Crippen LogP) is 3.08. The van der Waals surface area contributed by atoms with Crippen molar-refractivity contribution in [3.8, 4) is 0 Å². The fraction of sp³-hybridized carbons (Fsp3) is 0.417. The molecule has 1 rings (SSSR count). The van der Waals surface area contributed by atoms with E-state index in [1.165, 1.54) is 0 Å². The van der Waals surface area contributed by atoms with Crippen molar-refractivity contribution in [3.63, 3.8) is 0 Å². The van der Waals surface area contributed by atoms with Gasteiger partial charge in [-0.15, -0.1) is 0 Å². The number of aryl methyl sites for hydroxylation is 1. The molecule has 1 amide bonds. The Bertz CT molecular complexity index is 374. The zero-order chi connectivity index (χ0) is 11.6. The van der Waals surface area contributed by atoms with Crippen molar-refractivity contribution in [3.05, 3.63) is 32.9 Å². The van der Waals surface area contributed by atoms with Crippen LogP contribution in [0.2, 0.25) is 0 Å². The van der Waals surface area contributed by atoms with Gasteiger partial charge in [0.05, 0.1) is 5.56 Å². The van der Waals surface area contributed by atoms with Crippen LogP contribution in [0.4, 0.5) is 0 Å². The van der Waals surface area contributed by atoms with Crippen molar-refractivity contribution in [1.82, 2.24) is 4.90 Å². The number of halogens is 1. The topological polar surface area (TPSA) is 20.3 Å². The van der Waals surface area contributed by atoms with Gasteiger partial charge in [0.1, 0.15) is 0 Å². The zero-order valence-electron chi connectivity index (χ0n) is 9.54. The molecule has 0 N–H and O–H groups in total. The molecule has 0 aliphatic carbocycles. The summed E-state index contributed by atoms with van der Waals surface area (Å²) in [6.45, 7) is 6.03. The Hall–Kier alpha value is -0.580. The highest BCUT2D eigenvalue weighted by molar-refractivity contribution is 14.1. The summed E-state index contributed by atoms with van der Waals surface area (Å²) in [4.78, 5) is 13.8. The lowest BCUT2D eigenvalue weighted by Crippen LogP contribution is -2.33. The van der Waals surface area contributed by atoms with Crippen LogP contribution in [0.5, 0.6) is 0 Å². The molecule has 82 valence electrons. The molecular formula is C12H16INO. The van der Waals surface area contributed by atoms with Gasteiger partial charge in [0.2, 0.25) is 0 Å². The minimum absolute atomic E-state index is 0.0955. The maximum absolute atomic E-state index is 12.1. The van der Waals surface area contributed by atoms with Crippen LogP contribution in [0.15, 0.2) is 18.2 Å². The molecule has 15 heavy (non-hydrogen) atoms. The third kappa shape index (κ3) is 2.93. The number of carbonyl (C=O) groups is 1. The van der Waals surface area contributed by atoms with Crippen molar-refractivity contribution >= 4 is 28.5 Å². The second-order valence-corrected chi connectivity index (χ2v) is 5.16. The molecule has 0 bridgehead atoms. The summed E-state index contributed by atoms with van der Waals surface area (Å²) in [5, 5.41) is 0. The fourth-order valence-electron chi connectivity index (χ4n) is 1.23. The number of rotatable bonds is 2. The molecule has 0 atom stereocenters. The second-order valence-electron chi connectivity index (χ2n) is 3.99. The van der Waals surface area contributed by atoms with Gasteiger partial charge in [0.15, 0.2) is 0 Å². The average Bonchev–Trinajstić information content (AvgIpc) is 2.19. The van der Waals surface area contributed by atoms with Gasteiger partial charge in [0, 0.05) is 16.7 Å². The van der Waals surface area contributed by atoms with Gasteiger partial charge in [-0.05, 0) is 55.5 Å². The van der Waals surface area contributed by atoms with Crippen LogP contribution in [0.1, 0.15) is 29.8 Å². The molecule has 0 saturated heterocycles. The summed E-state index contributed by atoms with van der Waals surface area (Å²) in [6, 6.07) is 6.18. The normalized spacial score (nSPS) is 10.5. The Labute approximate surface area is 105 Å². The Kier molecular flexibility index (Phi) is 4.13. The van der Waals surface area contributed by atoms with Crippen molar-refractivity contribution in [2.24, 2.45) is 0 Å². The van der Waals surface area contributed by atoms with E-state index in [2.05, 4.69) is 22.6 Å². The highest BCUT2D eigenvalue weighted by atomic mass is 127. The molecule has 0 aliphatic heterocycles. The second kappa shape index (κ2) is 4.96.